The van der Waals surface area contributed by atoms with E-state index < -0.39 is 0 Å². The van der Waals surface area contributed by atoms with Crippen LogP contribution in [0.2, 0.25) is 0 Å². The Kier molecular flexibility index (Phi) is 4.07. The summed E-state index contributed by atoms with van der Waals surface area (Å²) >= 11 is 1.96. The molecule has 0 aliphatic carbocycles. The standard InChI is InChI=1S/C10H5FIN3/c11-8-1-2-10(9(12)3-8)15-6-7(4-13)5-14/h1-3,6,15H. The molecule has 1 rings (SSSR count). The molecule has 0 spiro atoms. The van der Waals surface area contributed by atoms with Crippen molar-refractivity contribution in [3.05, 3.63) is 39.4 Å². The van der Waals surface area contributed by atoms with Gasteiger partial charge in [0.05, 0.1) is 5.69 Å². The van der Waals surface area contributed by atoms with Crippen molar-refractivity contribution in [2.45, 2.75) is 0 Å². The van der Waals surface area contributed by atoms with Gasteiger partial charge in [-0.1, -0.05) is 0 Å². The minimum Gasteiger partial charge on any atom is -0.359 e. The number of halogens is 2. The fourth-order valence-corrected chi connectivity index (χ4v) is 1.48. The van der Waals surface area contributed by atoms with Crippen molar-refractivity contribution in [1.29, 1.82) is 10.5 Å². The van der Waals surface area contributed by atoms with Gasteiger partial charge >= 0.3 is 0 Å². The number of hydrogen-bond donors (Lipinski definition) is 1. The SMILES string of the molecule is N#CC(C#N)=CNc1ccc(F)cc1I. The summed E-state index contributed by atoms with van der Waals surface area (Å²) in [5.74, 6) is -0.324. The molecule has 0 fully saturated rings. The van der Waals surface area contributed by atoms with Crippen LogP contribution in [0.15, 0.2) is 30.0 Å². The van der Waals surface area contributed by atoms with E-state index in [0.717, 1.165) is 0 Å². The number of allylic oxidation sites excluding steroid dienone is 1. The molecule has 0 radical (unpaired) electrons. The molecule has 0 aromatic heterocycles. The molecule has 1 aromatic rings. The van der Waals surface area contributed by atoms with Gasteiger partial charge in [0.25, 0.3) is 0 Å². The number of nitrogens with zero attached hydrogens (tertiary/aromatic N) is 2. The zero-order valence-electron chi connectivity index (χ0n) is 7.46. The van der Waals surface area contributed by atoms with Crippen molar-refractivity contribution in [2.75, 3.05) is 5.32 Å². The fraction of sp³-hybridized carbons (Fsp3) is 0. The number of nitriles is 2. The number of anilines is 1. The maximum absolute atomic E-state index is 12.7. The molecule has 0 heterocycles. The van der Waals surface area contributed by atoms with Crippen molar-refractivity contribution in [3.8, 4) is 12.1 Å². The first-order chi connectivity index (χ1) is 7.17. The minimum atomic E-state index is -0.324. The van der Waals surface area contributed by atoms with Crippen LogP contribution >= 0.6 is 22.6 Å². The van der Waals surface area contributed by atoms with Crippen LogP contribution < -0.4 is 5.32 Å². The molecule has 15 heavy (non-hydrogen) atoms. The Labute approximate surface area is 100.0 Å². The third kappa shape index (κ3) is 3.22. The Morgan fingerprint density at radius 2 is 2.07 bits per heavy atom. The van der Waals surface area contributed by atoms with E-state index in [0.29, 0.717) is 9.26 Å². The van der Waals surface area contributed by atoms with E-state index in [1.807, 2.05) is 22.6 Å². The lowest BCUT2D eigenvalue weighted by atomic mass is 10.3. The third-order valence-corrected chi connectivity index (χ3v) is 2.44. The van der Waals surface area contributed by atoms with Gasteiger partial charge in [-0.2, -0.15) is 10.5 Å². The molecule has 0 saturated carbocycles. The molecule has 0 aliphatic heterocycles. The van der Waals surface area contributed by atoms with Crippen molar-refractivity contribution in [2.24, 2.45) is 0 Å². The van der Waals surface area contributed by atoms with Crippen LogP contribution in [0.25, 0.3) is 0 Å². The summed E-state index contributed by atoms with van der Waals surface area (Å²) in [6, 6.07) is 7.63. The molecule has 0 unspecified atom stereocenters. The Hall–Kier alpha value is -1.60. The second kappa shape index (κ2) is 5.32. The van der Waals surface area contributed by atoms with Gasteiger partial charge < -0.3 is 5.32 Å². The van der Waals surface area contributed by atoms with Crippen LogP contribution in [0.4, 0.5) is 10.1 Å². The molecular formula is C10H5FIN3. The predicted octanol–water partition coefficient (Wildman–Crippen LogP) is 2.77. The van der Waals surface area contributed by atoms with E-state index >= 15 is 0 Å². The first kappa shape index (κ1) is 11.5. The van der Waals surface area contributed by atoms with E-state index in [9.17, 15) is 4.39 Å². The van der Waals surface area contributed by atoms with E-state index in [4.69, 9.17) is 10.5 Å². The van der Waals surface area contributed by atoms with Crippen LogP contribution in [0.3, 0.4) is 0 Å². The summed E-state index contributed by atoms with van der Waals surface area (Å²) in [7, 11) is 0. The highest BCUT2D eigenvalue weighted by Crippen LogP contribution is 2.19. The Balaban J connectivity index is 2.89. The highest BCUT2D eigenvalue weighted by Gasteiger charge is 1.99. The van der Waals surface area contributed by atoms with Gasteiger partial charge in [-0.3, -0.25) is 0 Å². The molecule has 0 bridgehead atoms. The van der Waals surface area contributed by atoms with E-state index in [1.165, 1.54) is 18.3 Å². The van der Waals surface area contributed by atoms with Gasteiger partial charge in [-0.05, 0) is 40.8 Å². The summed E-state index contributed by atoms with van der Waals surface area (Å²) in [4.78, 5) is 0. The van der Waals surface area contributed by atoms with Gasteiger partial charge in [0.1, 0.15) is 23.5 Å². The summed E-state index contributed by atoms with van der Waals surface area (Å²) in [5, 5.41) is 19.7. The molecule has 0 amide bonds. The maximum Gasteiger partial charge on any atom is 0.145 e. The Morgan fingerprint density at radius 3 is 2.60 bits per heavy atom. The lowest BCUT2D eigenvalue weighted by Gasteiger charge is -2.03. The predicted molar refractivity (Wildman–Crippen MR) is 62.0 cm³/mol. The average molecular weight is 313 g/mol. The molecule has 5 heteroatoms. The van der Waals surface area contributed by atoms with Crippen molar-refractivity contribution in [3.63, 3.8) is 0 Å². The van der Waals surface area contributed by atoms with Gasteiger partial charge in [-0.15, -0.1) is 0 Å². The molecule has 3 nitrogen and oxygen atoms in total. The first-order valence-electron chi connectivity index (χ1n) is 3.89. The van der Waals surface area contributed by atoms with Crippen LogP contribution in [-0.2, 0) is 0 Å². The second-order valence-electron chi connectivity index (χ2n) is 2.55. The molecule has 1 N–H and O–H groups in total. The Morgan fingerprint density at radius 1 is 1.40 bits per heavy atom. The molecule has 0 aliphatic rings. The zero-order valence-corrected chi connectivity index (χ0v) is 9.62. The van der Waals surface area contributed by atoms with Crippen LogP contribution in [0, 0.1) is 32.0 Å². The van der Waals surface area contributed by atoms with Crippen LogP contribution in [0.5, 0.6) is 0 Å². The van der Waals surface area contributed by atoms with Crippen molar-refractivity contribution < 1.29 is 4.39 Å². The number of nitrogens with one attached hydrogen (secondary N) is 1. The summed E-state index contributed by atoms with van der Waals surface area (Å²) in [5.41, 5.74) is 0.620. The summed E-state index contributed by atoms with van der Waals surface area (Å²) in [6.45, 7) is 0. The normalized spacial score (nSPS) is 8.53. The second-order valence-corrected chi connectivity index (χ2v) is 3.71. The van der Waals surface area contributed by atoms with Crippen molar-refractivity contribution >= 4 is 28.3 Å². The maximum atomic E-state index is 12.7. The molecule has 0 saturated heterocycles. The highest BCUT2D eigenvalue weighted by atomic mass is 127. The van der Waals surface area contributed by atoms with Gasteiger partial charge in [0, 0.05) is 9.77 Å². The van der Waals surface area contributed by atoms with E-state index in [-0.39, 0.29) is 11.4 Å². The highest BCUT2D eigenvalue weighted by molar-refractivity contribution is 14.1. The lowest BCUT2D eigenvalue weighted by molar-refractivity contribution is 0.627. The monoisotopic (exact) mass is 313 g/mol. The van der Waals surface area contributed by atoms with Gasteiger partial charge in [0.2, 0.25) is 0 Å². The van der Waals surface area contributed by atoms with Crippen LogP contribution in [-0.4, -0.2) is 0 Å². The smallest absolute Gasteiger partial charge is 0.145 e. The molecule has 1 aromatic carbocycles. The quantitative estimate of drug-likeness (QED) is 0.675. The molecular weight excluding hydrogens is 308 g/mol. The molecule has 0 atom stereocenters. The topological polar surface area (TPSA) is 59.6 Å². The van der Waals surface area contributed by atoms with Gasteiger partial charge in [0.15, 0.2) is 0 Å². The number of rotatable bonds is 2. The van der Waals surface area contributed by atoms with Gasteiger partial charge in [-0.25, -0.2) is 4.39 Å². The largest absolute Gasteiger partial charge is 0.359 e. The van der Waals surface area contributed by atoms with Crippen LogP contribution in [0.1, 0.15) is 0 Å². The zero-order chi connectivity index (χ0) is 11.3. The lowest BCUT2D eigenvalue weighted by Crippen LogP contribution is -1.93. The van der Waals surface area contributed by atoms with E-state index in [2.05, 4.69) is 5.32 Å². The summed E-state index contributed by atoms with van der Waals surface area (Å²) in [6.07, 6.45) is 1.29. The Bertz CT molecular complexity index is 466. The minimum absolute atomic E-state index is 0.0323. The van der Waals surface area contributed by atoms with E-state index in [1.54, 1.807) is 18.2 Å². The molecule has 74 valence electrons. The summed E-state index contributed by atoms with van der Waals surface area (Å²) < 4.78 is 13.4. The number of benzene rings is 1. The first-order valence-corrected chi connectivity index (χ1v) is 4.97. The third-order valence-electron chi connectivity index (χ3n) is 1.54. The van der Waals surface area contributed by atoms with Crippen molar-refractivity contribution in [1.82, 2.24) is 0 Å². The number of hydrogen-bond acceptors (Lipinski definition) is 3. The average Bonchev–Trinajstić information content (AvgIpc) is 2.22. The fourth-order valence-electron chi connectivity index (χ4n) is 0.846.